The van der Waals surface area contributed by atoms with Crippen molar-refractivity contribution in [2.24, 2.45) is 5.41 Å². The molecule has 0 unspecified atom stereocenters. The Morgan fingerprint density at radius 1 is 1.38 bits per heavy atom. The van der Waals surface area contributed by atoms with Crippen LogP contribution in [0.5, 0.6) is 0 Å². The molecule has 1 aliphatic heterocycles. The smallest absolute Gasteiger partial charge is 0.322 e. The molecule has 0 N–H and O–H groups in total. The average molecular weight is 462 g/mol. The number of aromatic nitrogens is 3. The summed E-state index contributed by atoms with van der Waals surface area (Å²) in [6, 6.07) is 7.99. The van der Waals surface area contributed by atoms with E-state index in [4.69, 9.17) is 9.47 Å². The number of carbonyl (C=O) groups is 2. The van der Waals surface area contributed by atoms with Crippen LogP contribution in [0.15, 0.2) is 47.1 Å². The Morgan fingerprint density at radius 3 is 2.72 bits per heavy atom. The molecule has 2 aromatic rings. The van der Waals surface area contributed by atoms with Crippen molar-refractivity contribution in [1.29, 1.82) is 0 Å². The van der Waals surface area contributed by atoms with E-state index in [2.05, 4.69) is 32.8 Å². The SMILES string of the molecule is C=C1C(=O)[C@](C)(C(=O)OC)[C@@H](CCc2cn(Cc3ccc(Br)cc3)nn2)O[C@H]1C. The fraction of sp³-hybridized carbons (Fsp3) is 0.429. The molecule has 0 aliphatic carbocycles. The molecule has 1 aliphatic rings. The largest absolute Gasteiger partial charge is 0.468 e. The van der Waals surface area contributed by atoms with E-state index in [1.54, 1.807) is 18.5 Å². The Kier molecular flexibility index (Phi) is 6.33. The lowest BCUT2D eigenvalue weighted by molar-refractivity contribution is -0.175. The molecule has 1 aromatic heterocycles. The minimum absolute atomic E-state index is 0.287. The van der Waals surface area contributed by atoms with Crippen LogP contribution in [0.2, 0.25) is 0 Å². The number of hydrogen-bond acceptors (Lipinski definition) is 6. The molecule has 8 heteroatoms. The van der Waals surface area contributed by atoms with E-state index < -0.39 is 23.6 Å². The molecule has 29 heavy (non-hydrogen) atoms. The monoisotopic (exact) mass is 461 g/mol. The second kappa shape index (κ2) is 8.59. The molecule has 0 spiro atoms. The van der Waals surface area contributed by atoms with E-state index in [1.807, 2.05) is 30.5 Å². The summed E-state index contributed by atoms with van der Waals surface area (Å²) in [5.74, 6) is -0.938. The van der Waals surface area contributed by atoms with Gasteiger partial charge in [-0.2, -0.15) is 0 Å². The van der Waals surface area contributed by atoms with Crippen LogP contribution < -0.4 is 0 Å². The molecule has 1 fully saturated rings. The van der Waals surface area contributed by atoms with E-state index >= 15 is 0 Å². The molecule has 3 rings (SSSR count). The number of benzene rings is 1. The summed E-state index contributed by atoms with van der Waals surface area (Å²) in [5.41, 5.74) is 0.750. The minimum atomic E-state index is -1.41. The Bertz CT molecular complexity index is 924. The number of halogens is 1. The number of ketones is 1. The third-order valence-corrected chi connectivity index (χ3v) is 5.91. The molecule has 1 aromatic carbocycles. The first kappa shape index (κ1) is 21.4. The second-order valence-corrected chi connectivity index (χ2v) is 8.30. The van der Waals surface area contributed by atoms with Crippen LogP contribution in [0.3, 0.4) is 0 Å². The van der Waals surface area contributed by atoms with E-state index in [0.29, 0.717) is 19.4 Å². The molecule has 0 radical (unpaired) electrons. The average Bonchev–Trinajstić information content (AvgIpc) is 3.16. The highest BCUT2D eigenvalue weighted by Crippen LogP contribution is 2.39. The van der Waals surface area contributed by atoms with Crippen molar-refractivity contribution < 1.29 is 19.1 Å². The highest BCUT2D eigenvalue weighted by molar-refractivity contribution is 9.10. The van der Waals surface area contributed by atoms with Gasteiger partial charge in [-0.25, -0.2) is 4.68 Å². The fourth-order valence-corrected chi connectivity index (χ4v) is 3.77. The van der Waals surface area contributed by atoms with Crippen LogP contribution in [-0.4, -0.2) is 46.1 Å². The van der Waals surface area contributed by atoms with Crippen molar-refractivity contribution in [3.63, 3.8) is 0 Å². The lowest BCUT2D eigenvalue weighted by Crippen LogP contribution is -2.55. The Morgan fingerprint density at radius 2 is 2.07 bits per heavy atom. The molecule has 0 amide bonds. The Labute approximate surface area is 178 Å². The van der Waals surface area contributed by atoms with Gasteiger partial charge in [0, 0.05) is 16.2 Å². The number of nitrogens with zero attached hydrogens (tertiary/aromatic N) is 3. The van der Waals surface area contributed by atoms with E-state index in [1.165, 1.54) is 7.11 Å². The van der Waals surface area contributed by atoms with Crippen molar-refractivity contribution >= 4 is 27.7 Å². The van der Waals surface area contributed by atoms with E-state index in [0.717, 1.165) is 15.7 Å². The molecule has 0 saturated carbocycles. The summed E-state index contributed by atoms with van der Waals surface area (Å²) < 4.78 is 13.6. The number of methoxy groups -OCH3 is 1. The summed E-state index contributed by atoms with van der Waals surface area (Å²) in [5, 5.41) is 8.38. The zero-order valence-electron chi connectivity index (χ0n) is 16.7. The summed E-state index contributed by atoms with van der Waals surface area (Å²) >= 11 is 3.42. The summed E-state index contributed by atoms with van der Waals surface area (Å²) in [7, 11) is 1.27. The van der Waals surface area contributed by atoms with E-state index in [-0.39, 0.29) is 11.4 Å². The van der Waals surface area contributed by atoms with Crippen molar-refractivity contribution in [1.82, 2.24) is 15.0 Å². The number of aryl methyl sites for hydroxylation is 1. The van der Waals surface area contributed by atoms with Crippen molar-refractivity contribution in [2.45, 2.75) is 45.4 Å². The molecule has 0 bridgehead atoms. The summed E-state index contributed by atoms with van der Waals surface area (Å²) in [4.78, 5) is 25.2. The Balaban J connectivity index is 1.70. The maximum atomic E-state index is 12.8. The number of rotatable bonds is 6. The molecular weight excluding hydrogens is 438 g/mol. The standard InChI is InChI=1S/C21H24BrN3O4/c1-13-14(2)29-18(21(3,19(13)26)20(27)28-4)10-9-17-12-25(24-23-17)11-15-5-7-16(22)8-6-15/h5-8,12,14,18H,1,9-11H2,2-4H3/t14-,18+,21+/m0/s1. The maximum Gasteiger partial charge on any atom is 0.322 e. The van der Waals surface area contributed by atoms with Gasteiger partial charge in [0.05, 0.1) is 31.6 Å². The molecule has 7 nitrogen and oxygen atoms in total. The van der Waals surface area contributed by atoms with Crippen molar-refractivity contribution in [3.8, 4) is 0 Å². The number of Topliss-reactive ketones (excluding diaryl/α,β-unsaturated/α-hetero) is 1. The van der Waals surface area contributed by atoms with Gasteiger partial charge in [-0.1, -0.05) is 39.9 Å². The quantitative estimate of drug-likeness (QED) is 0.373. The molecular formula is C21H24BrN3O4. The third-order valence-electron chi connectivity index (χ3n) is 5.38. The lowest BCUT2D eigenvalue weighted by atomic mass is 9.72. The van der Waals surface area contributed by atoms with Crippen LogP contribution in [-0.2, 0) is 32.0 Å². The van der Waals surface area contributed by atoms with Crippen LogP contribution in [0.4, 0.5) is 0 Å². The van der Waals surface area contributed by atoms with Gasteiger partial charge in [0.15, 0.2) is 11.2 Å². The number of esters is 1. The topological polar surface area (TPSA) is 83.3 Å². The fourth-order valence-electron chi connectivity index (χ4n) is 3.51. The first-order chi connectivity index (χ1) is 13.8. The van der Waals surface area contributed by atoms with Gasteiger partial charge in [0.2, 0.25) is 0 Å². The van der Waals surface area contributed by atoms with Gasteiger partial charge in [-0.05, 0) is 44.4 Å². The summed E-state index contributed by atoms with van der Waals surface area (Å²) in [6.07, 6.45) is 1.75. The van der Waals surface area contributed by atoms with Gasteiger partial charge in [-0.3, -0.25) is 9.59 Å². The normalized spacial score (nSPS) is 24.6. The number of carbonyl (C=O) groups excluding carboxylic acids is 2. The van der Waals surface area contributed by atoms with Crippen LogP contribution in [0.1, 0.15) is 31.5 Å². The maximum absolute atomic E-state index is 12.8. The highest BCUT2D eigenvalue weighted by atomic mass is 79.9. The molecule has 1 saturated heterocycles. The van der Waals surface area contributed by atoms with Crippen molar-refractivity contribution in [3.05, 3.63) is 58.3 Å². The lowest BCUT2D eigenvalue weighted by Gasteiger charge is -2.41. The second-order valence-electron chi connectivity index (χ2n) is 7.39. The van der Waals surface area contributed by atoms with Gasteiger partial charge in [0.1, 0.15) is 0 Å². The molecule has 2 heterocycles. The van der Waals surface area contributed by atoms with Gasteiger partial charge >= 0.3 is 5.97 Å². The van der Waals surface area contributed by atoms with Crippen LogP contribution in [0, 0.1) is 5.41 Å². The molecule has 3 atom stereocenters. The number of ether oxygens (including phenoxy) is 2. The van der Waals surface area contributed by atoms with E-state index in [9.17, 15) is 9.59 Å². The zero-order valence-corrected chi connectivity index (χ0v) is 18.3. The van der Waals surface area contributed by atoms with Crippen LogP contribution >= 0.6 is 15.9 Å². The zero-order chi connectivity index (χ0) is 21.2. The number of hydrogen-bond donors (Lipinski definition) is 0. The predicted molar refractivity (Wildman–Crippen MR) is 110 cm³/mol. The van der Waals surface area contributed by atoms with Gasteiger partial charge in [0.25, 0.3) is 0 Å². The first-order valence-electron chi connectivity index (χ1n) is 9.36. The van der Waals surface area contributed by atoms with Crippen molar-refractivity contribution in [2.75, 3.05) is 7.11 Å². The van der Waals surface area contributed by atoms with Gasteiger partial charge in [-0.15, -0.1) is 5.10 Å². The van der Waals surface area contributed by atoms with Crippen LogP contribution in [0.25, 0.3) is 0 Å². The minimum Gasteiger partial charge on any atom is -0.468 e. The van der Waals surface area contributed by atoms with Gasteiger partial charge < -0.3 is 9.47 Å². The first-order valence-corrected chi connectivity index (χ1v) is 10.2. The molecule has 154 valence electrons. The highest BCUT2D eigenvalue weighted by Gasteiger charge is 2.54. The summed E-state index contributed by atoms with van der Waals surface area (Å²) in [6.45, 7) is 7.71. The Hall–Kier alpha value is -2.32. The third kappa shape index (κ3) is 4.33. The predicted octanol–water partition coefficient (Wildman–Crippen LogP) is 3.11.